The van der Waals surface area contributed by atoms with E-state index in [1.807, 2.05) is 23.1 Å². The predicted molar refractivity (Wildman–Crippen MR) is 97.3 cm³/mol. The molecule has 4 amide bonds. The van der Waals surface area contributed by atoms with Gasteiger partial charge < -0.3 is 9.47 Å². The van der Waals surface area contributed by atoms with Crippen LogP contribution in [0, 0.1) is 0 Å². The number of hydrogen-bond acceptors (Lipinski definition) is 6. The summed E-state index contributed by atoms with van der Waals surface area (Å²) in [5.74, 6) is -0.123. The summed E-state index contributed by atoms with van der Waals surface area (Å²) in [5.41, 5.74) is 0.974. The molecule has 2 aliphatic heterocycles. The smallest absolute Gasteiger partial charge is 0.335 e. The molecule has 146 valence electrons. The van der Waals surface area contributed by atoms with E-state index in [4.69, 9.17) is 9.47 Å². The van der Waals surface area contributed by atoms with E-state index in [9.17, 15) is 14.4 Å². The molecule has 8 nitrogen and oxygen atoms in total. The third kappa shape index (κ3) is 3.37. The normalized spacial score (nSPS) is 20.9. The number of imide groups is 2. The highest BCUT2D eigenvalue weighted by atomic mass is 16.5. The molecule has 2 fully saturated rings. The van der Waals surface area contributed by atoms with Gasteiger partial charge in [-0.1, -0.05) is 6.07 Å². The van der Waals surface area contributed by atoms with Crippen molar-refractivity contribution in [2.24, 2.45) is 0 Å². The molecule has 2 saturated heterocycles. The summed E-state index contributed by atoms with van der Waals surface area (Å²) < 4.78 is 10.8. The highest BCUT2D eigenvalue weighted by Gasteiger charge is 2.47. The fraction of sp³-hybridized carbons (Fsp3) is 0.526. The van der Waals surface area contributed by atoms with Gasteiger partial charge >= 0.3 is 17.8 Å². The van der Waals surface area contributed by atoms with Gasteiger partial charge in [0.1, 0.15) is 11.5 Å². The maximum atomic E-state index is 12.5. The minimum absolute atomic E-state index is 0.00495. The third-order valence-electron chi connectivity index (χ3n) is 5.09. The van der Waals surface area contributed by atoms with Gasteiger partial charge in [0.15, 0.2) is 0 Å². The molecular weight excluding hydrogens is 350 g/mol. The number of urea groups is 1. The second-order valence-electron chi connectivity index (χ2n) is 7.00. The van der Waals surface area contributed by atoms with E-state index in [2.05, 4.69) is 0 Å². The van der Waals surface area contributed by atoms with Crippen LogP contribution in [0.1, 0.15) is 38.3 Å². The average molecular weight is 375 g/mol. The van der Waals surface area contributed by atoms with Crippen LogP contribution in [0.15, 0.2) is 18.2 Å². The van der Waals surface area contributed by atoms with E-state index in [0.29, 0.717) is 11.5 Å². The number of benzene rings is 1. The van der Waals surface area contributed by atoms with Crippen LogP contribution >= 0.6 is 0 Å². The lowest BCUT2D eigenvalue weighted by molar-refractivity contribution is -0.144. The first-order chi connectivity index (χ1) is 12.9. The van der Waals surface area contributed by atoms with Gasteiger partial charge in [-0.2, -0.15) is 0 Å². The minimum Gasteiger partial charge on any atom is -0.497 e. The molecule has 0 saturated carbocycles. The standard InChI is InChI=1S/C19H25N3O5/c1-12(2)22-18(24)17(23)21(19(22)25)11-20-9-5-6-15(20)14-8-7-13(26-3)10-16(14)27-4/h7-8,10,12,15H,5-6,9,11H2,1-4H3/t15-/m1/s1. The number of amides is 4. The quantitative estimate of drug-likeness (QED) is 0.559. The lowest BCUT2D eigenvalue weighted by atomic mass is 10.0. The van der Waals surface area contributed by atoms with E-state index >= 15 is 0 Å². The number of methoxy groups -OCH3 is 2. The maximum absolute atomic E-state index is 12.5. The summed E-state index contributed by atoms with van der Waals surface area (Å²) in [5, 5.41) is 0. The number of likely N-dealkylation sites (tertiary alicyclic amines) is 1. The lowest BCUT2D eigenvalue weighted by Crippen LogP contribution is -2.43. The first kappa shape index (κ1) is 19.2. The molecule has 2 aliphatic rings. The molecule has 0 spiro atoms. The second-order valence-corrected chi connectivity index (χ2v) is 7.00. The third-order valence-corrected chi connectivity index (χ3v) is 5.09. The van der Waals surface area contributed by atoms with Crippen LogP contribution < -0.4 is 9.47 Å². The molecule has 0 aliphatic carbocycles. The second kappa shape index (κ2) is 7.56. The molecule has 0 N–H and O–H groups in total. The molecule has 1 aromatic rings. The lowest BCUT2D eigenvalue weighted by Gasteiger charge is -2.29. The fourth-order valence-electron chi connectivity index (χ4n) is 3.73. The number of carbonyl (C=O) groups excluding carboxylic acids is 3. The van der Waals surface area contributed by atoms with Gasteiger partial charge in [-0.05, 0) is 32.8 Å². The van der Waals surface area contributed by atoms with E-state index in [0.717, 1.165) is 34.7 Å². The first-order valence-corrected chi connectivity index (χ1v) is 9.04. The van der Waals surface area contributed by atoms with Crippen LogP contribution in [0.3, 0.4) is 0 Å². The predicted octanol–water partition coefficient (Wildman–Crippen LogP) is 2.00. The molecular formula is C19H25N3O5. The molecule has 8 heteroatoms. The van der Waals surface area contributed by atoms with Crippen molar-refractivity contribution < 1.29 is 23.9 Å². The largest absolute Gasteiger partial charge is 0.497 e. The van der Waals surface area contributed by atoms with E-state index in [1.54, 1.807) is 28.1 Å². The van der Waals surface area contributed by atoms with E-state index in [1.165, 1.54) is 0 Å². The fourth-order valence-corrected chi connectivity index (χ4v) is 3.73. The number of rotatable bonds is 6. The molecule has 0 radical (unpaired) electrons. The Morgan fingerprint density at radius 2 is 1.85 bits per heavy atom. The van der Waals surface area contributed by atoms with E-state index < -0.39 is 17.8 Å². The molecule has 27 heavy (non-hydrogen) atoms. The SMILES string of the molecule is COc1ccc([C@H]2CCCN2CN2C(=O)C(=O)N(C(C)C)C2=O)c(OC)c1. The molecule has 1 aromatic carbocycles. The van der Waals surface area contributed by atoms with Crippen molar-refractivity contribution >= 4 is 17.8 Å². The number of nitrogens with zero attached hydrogens (tertiary/aromatic N) is 3. The summed E-state index contributed by atoms with van der Waals surface area (Å²) in [4.78, 5) is 41.1. The molecule has 2 heterocycles. The van der Waals surface area contributed by atoms with Gasteiger partial charge in [0.05, 0.1) is 20.9 Å². The summed E-state index contributed by atoms with van der Waals surface area (Å²) >= 11 is 0. The van der Waals surface area contributed by atoms with Crippen LogP contribution in [0.25, 0.3) is 0 Å². The molecule has 0 aromatic heterocycles. The van der Waals surface area contributed by atoms with Gasteiger partial charge in [0.2, 0.25) is 0 Å². The Kier molecular flexibility index (Phi) is 5.36. The Bertz CT molecular complexity index is 764. The van der Waals surface area contributed by atoms with E-state index in [-0.39, 0.29) is 18.8 Å². The summed E-state index contributed by atoms with van der Waals surface area (Å²) in [7, 11) is 3.20. The Balaban J connectivity index is 1.83. The van der Waals surface area contributed by atoms with Crippen LogP contribution in [0.2, 0.25) is 0 Å². The van der Waals surface area contributed by atoms with Crippen molar-refractivity contribution in [2.75, 3.05) is 27.4 Å². The topological polar surface area (TPSA) is 79.4 Å². The number of ether oxygens (including phenoxy) is 2. The zero-order valence-electron chi connectivity index (χ0n) is 16.1. The van der Waals surface area contributed by atoms with Crippen LogP contribution in [0.5, 0.6) is 11.5 Å². The van der Waals surface area contributed by atoms with Gasteiger partial charge in [-0.3, -0.25) is 19.4 Å². The van der Waals surface area contributed by atoms with Gasteiger partial charge in [-0.15, -0.1) is 0 Å². The zero-order chi connectivity index (χ0) is 19.7. The highest BCUT2D eigenvalue weighted by molar-refractivity contribution is 6.44. The highest BCUT2D eigenvalue weighted by Crippen LogP contribution is 2.39. The Morgan fingerprint density at radius 1 is 1.11 bits per heavy atom. The molecule has 0 bridgehead atoms. The monoisotopic (exact) mass is 375 g/mol. The summed E-state index contributed by atoms with van der Waals surface area (Å²) in [6, 6.07) is 4.73. The van der Waals surface area contributed by atoms with Crippen LogP contribution in [-0.2, 0) is 9.59 Å². The molecule has 3 rings (SSSR count). The summed E-state index contributed by atoms with van der Waals surface area (Å²) in [6.45, 7) is 4.25. The van der Waals surface area contributed by atoms with Gasteiger partial charge in [-0.25, -0.2) is 9.69 Å². The van der Waals surface area contributed by atoms with Gasteiger partial charge in [0.25, 0.3) is 0 Å². The zero-order valence-corrected chi connectivity index (χ0v) is 16.1. The van der Waals surface area contributed by atoms with Crippen molar-refractivity contribution in [2.45, 2.75) is 38.8 Å². The van der Waals surface area contributed by atoms with Crippen molar-refractivity contribution in [3.63, 3.8) is 0 Å². The number of hydrogen-bond donors (Lipinski definition) is 0. The maximum Gasteiger partial charge on any atom is 0.335 e. The van der Waals surface area contributed by atoms with Crippen molar-refractivity contribution in [1.82, 2.24) is 14.7 Å². The van der Waals surface area contributed by atoms with Crippen molar-refractivity contribution in [1.29, 1.82) is 0 Å². The Labute approximate surface area is 158 Å². The summed E-state index contributed by atoms with van der Waals surface area (Å²) in [6.07, 6.45) is 1.80. The van der Waals surface area contributed by atoms with Gasteiger partial charge in [0, 0.05) is 30.3 Å². The molecule has 0 unspecified atom stereocenters. The first-order valence-electron chi connectivity index (χ1n) is 9.04. The van der Waals surface area contributed by atoms with Crippen LogP contribution in [-0.4, -0.2) is 66.0 Å². The van der Waals surface area contributed by atoms with Crippen LogP contribution in [0.4, 0.5) is 4.79 Å². The average Bonchev–Trinajstić information content (AvgIpc) is 3.19. The Morgan fingerprint density at radius 3 is 2.44 bits per heavy atom. The minimum atomic E-state index is -0.763. The number of carbonyl (C=O) groups is 3. The Hall–Kier alpha value is -2.61. The van der Waals surface area contributed by atoms with Crippen molar-refractivity contribution in [3.8, 4) is 11.5 Å². The molecule has 1 atom stereocenters. The van der Waals surface area contributed by atoms with Crippen molar-refractivity contribution in [3.05, 3.63) is 23.8 Å².